The van der Waals surface area contributed by atoms with Crippen LogP contribution in [-0.2, 0) is 4.74 Å². The largest absolute Gasteiger partial charge is 0.472 e. The molecule has 4 rings (SSSR count). The van der Waals surface area contributed by atoms with Gasteiger partial charge in [0.1, 0.15) is 12.3 Å². The maximum atomic E-state index is 12.6. The number of rotatable bonds is 3. The van der Waals surface area contributed by atoms with E-state index in [0.29, 0.717) is 37.0 Å². The summed E-state index contributed by atoms with van der Waals surface area (Å²) in [5, 5.41) is 5.95. The highest BCUT2D eigenvalue weighted by Crippen LogP contribution is 2.28. The summed E-state index contributed by atoms with van der Waals surface area (Å²) >= 11 is 1.53. The maximum Gasteiger partial charge on any atom is 0.257 e. The molecule has 1 atom stereocenters. The van der Waals surface area contributed by atoms with Gasteiger partial charge in [0.15, 0.2) is 0 Å². The van der Waals surface area contributed by atoms with Crippen LogP contribution in [0.15, 0.2) is 45.0 Å². The molecule has 3 aromatic rings. The first kappa shape index (κ1) is 14.2. The van der Waals surface area contributed by atoms with Gasteiger partial charge in [-0.3, -0.25) is 4.79 Å². The van der Waals surface area contributed by atoms with Gasteiger partial charge >= 0.3 is 0 Å². The molecule has 0 N–H and O–H groups in total. The fourth-order valence-corrected chi connectivity index (χ4v) is 3.13. The highest BCUT2D eigenvalue weighted by Gasteiger charge is 2.34. The minimum atomic E-state index is -0.396. The lowest BCUT2D eigenvalue weighted by atomic mass is 10.2. The second kappa shape index (κ2) is 5.98. The maximum absolute atomic E-state index is 12.6. The Morgan fingerprint density at radius 3 is 3.13 bits per heavy atom. The SMILES string of the molecule is O=C(c1ccoc1)N1CCOCC1c1nc(-c2cccs2)no1. The first-order chi connectivity index (χ1) is 11.3. The van der Waals surface area contributed by atoms with Crippen molar-refractivity contribution in [1.82, 2.24) is 15.0 Å². The summed E-state index contributed by atoms with van der Waals surface area (Å²) in [6.45, 7) is 1.27. The molecule has 0 aliphatic carbocycles. The molecule has 4 heterocycles. The van der Waals surface area contributed by atoms with Crippen molar-refractivity contribution in [3.8, 4) is 10.7 Å². The van der Waals surface area contributed by atoms with E-state index in [1.807, 2.05) is 17.5 Å². The average Bonchev–Trinajstić information content (AvgIpc) is 3.35. The van der Waals surface area contributed by atoms with E-state index < -0.39 is 6.04 Å². The summed E-state index contributed by atoms with van der Waals surface area (Å²) in [7, 11) is 0. The van der Waals surface area contributed by atoms with Crippen molar-refractivity contribution in [3.05, 3.63) is 47.6 Å². The molecular weight excluding hydrogens is 318 g/mol. The number of aromatic nitrogens is 2. The van der Waals surface area contributed by atoms with Crippen LogP contribution in [0, 0.1) is 0 Å². The number of furan rings is 1. The number of morpholine rings is 1. The molecule has 0 bridgehead atoms. The van der Waals surface area contributed by atoms with Crippen LogP contribution in [0.3, 0.4) is 0 Å². The van der Waals surface area contributed by atoms with E-state index in [1.165, 1.54) is 23.9 Å². The molecule has 0 aromatic carbocycles. The second-order valence-corrected chi connectivity index (χ2v) is 5.98. The van der Waals surface area contributed by atoms with Gasteiger partial charge < -0.3 is 18.6 Å². The van der Waals surface area contributed by atoms with Gasteiger partial charge in [-0.2, -0.15) is 4.98 Å². The smallest absolute Gasteiger partial charge is 0.257 e. The minimum Gasteiger partial charge on any atom is -0.472 e. The number of carbonyl (C=O) groups is 1. The van der Waals surface area contributed by atoms with Crippen LogP contribution in [0.5, 0.6) is 0 Å². The lowest BCUT2D eigenvalue weighted by molar-refractivity contribution is -0.0119. The quantitative estimate of drug-likeness (QED) is 0.734. The van der Waals surface area contributed by atoms with Crippen LogP contribution in [0.4, 0.5) is 0 Å². The van der Waals surface area contributed by atoms with E-state index in [2.05, 4.69) is 10.1 Å². The minimum absolute atomic E-state index is 0.136. The second-order valence-electron chi connectivity index (χ2n) is 5.03. The van der Waals surface area contributed by atoms with E-state index in [-0.39, 0.29) is 5.91 Å². The van der Waals surface area contributed by atoms with Crippen molar-refractivity contribution in [2.45, 2.75) is 6.04 Å². The highest BCUT2D eigenvalue weighted by atomic mass is 32.1. The summed E-state index contributed by atoms with van der Waals surface area (Å²) in [5.74, 6) is 0.768. The zero-order valence-corrected chi connectivity index (χ0v) is 12.9. The van der Waals surface area contributed by atoms with Crippen LogP contribution in [-0.4, -0.2) is 40.7 Å². The Labute approximate surface area is 135 Å². The lowest BCUT2D eigenvalue weighted by Gasteiger charge is -2.32. The van der Waals surface area contributed by atoms with E-state index in [4.69, 9.17) is 13.7 Å². The van der Waals surface area contributed by atoms with Crippen LogP contribution in [0.2, 0.25) is 0 Å². The third-order valence-electron chi connectivity index (χ3n) is 3.63. The van der Waals surface area contributed by atoms with Crippen molar-refractivity contribution < 1.29 is 18.5 Å². The molecular formula is C15H13N3O4S. The number of hydrogen-bond acceptors (Lipinski definition) is 7. The van der Waals surface area contributed by atoms with Crippen molar-refractivity contribution in [1.29, 1.82) is 0 Å². The normalized spacial score (nSPS) is 18.3. The third-order valence-corrected chi connectivity index (χ3v) is 4.49. The summed E-state index contributed by atoms with van der Waals surface area (Å²) in [4.78, 5) is 19.6. The molecule has 118 valence electrons. The fraction of sp³-hybridized carbons (Fsp3) is 0.267. The van der Waals surface area contributed by atoms with Gasteiger partial charge in [0.05, 0.1) is 29.9 Å². The summed E-state index contributed by atoms with van der Waals surface area (Å²) in [5.41, 5.74) is 0.495. The molecule has 8 heteroatoms. The molecule has 0 saturated carbocycles. The zero-order chi connectivity index (χ0) is 15.6. The van der Waals surface area contributed by atoms with Crippen LogP contribution < -0.4 is 0 Å². The predicted molar refractivity (Wildman–Crippen MR) is 80.9 cm³/mol. The Kier molecular flexibility index (Phi) is 3.68. The average molecular weight is 331 g/mol. The highest BCUT2D eigenvalue weighted by molar-refractivity contribution is 7.13. The standard InChI is InChI=1S/C15H13N3O4S/c19-15(10-3-5-20-8-10)18-4-6-21-9-11(18)14-16-13(17-22-14)12-2-1-7-23-12/h1-3,5,7-8,11H,4,6,9H2. The third kappa shape index (κ3) is 2.66. The van der Waals surface area contributed by atoms with Crippen LogP contribution in [0.1, 0.15) is 22.3 Å². The number of thiophene rings is 1. The summed E-state index contributed by atoms with van der Waals surface area (Å²) < 4.78 is 15.9. The first-order valence-electron chi connectivity index (χ1n) is 7.11. The van der Waals surface area contributed by atoms with Gasteiger partial charge in [0.25, 0.3) is 11.8 Å². The monoisotopic (exact) mass is 331 g/mol. The number of carbonyl (C=O) groups excluding carboxylic acids is 1. The molecule has 1 aliphatic rings. The number of nitrogens with zero attached hydrogens (tertiary/aromatic N) is 3. The van der Waals surface area contributed by atoms with Crippen LogP contribution >= 0.6 is 11.3 Å². The molecule has 1 aliphatic heterocycles. The zero-order valence-electron chi connectivity index (χ0n) is 12.0. The van der Waals surface area contributed by atoms with Crippen molar-refractivity contribution in [3.63, 3.8) is 0 Å². The Hall–Kier alpha value is -2.45. The van der Waals surface area contributed by atoms with E-state index in [0.717, 1.165) is 4.88 Å². The van der Waals surface area contributed by atoms with Gasteiger partial charge in [-0.25, -0.2) is 0 Å². The first-order valence-corrected chi connectivity index (χ1v) is 7.99. The molecule has 3 aromatic heterocycles. The Bertz CT molecular complexity index is 782. The Balaban J connectivity index is 1.62. The van der Waals surface area contributed by atoms with E-state index in [1.54, 1.807) is 11.0 Å². The van der Waals surface area contributed by atoms with Crippen molar-refractivity contribution in [2.75, 3.05) is 19.8 Å². The fourth-order valence-electron chi connectivity index (χ4n) is 2.48. The molecule has 0 spiro atoms. The molecule has 1 amide bonds. The molecule has 0 radical (unpaired) electrons. The van der Waals surface area contributed by atoms with Gasteiger partial charge in [0.2, 0.25) is 5.82 Å². The lowest BCUT2D eigenvalue weighted by Crippen LogP contribution is -2.43. The van der Waals surface area contributed by atoms with Gasteiger partial charge in [-0.05, 0) is 17.5 Å². The van der Waals surface area contributed by atoms with Crippen molar-refractivity contribution >= 4 is 17.2 Å². The van der Waals surface area contributed by atoms with E-state index >= 15 is 0 Å². The van der Waals surface area contributed by atoms with Gasteiger partial charge in [0, 0.05) is 6.54 Å². The van der Waals surface area contributed by atoms with Gasteiger partial charge in [-0.15, -0.1) is 11.3 Å². The van der Waals surface area contributed by atoms with E-state index in [9.17, 15) is 4.79 Å². The number of amides is 1. The molecule has 1 fully saturated rings. The van der Waals surface area contributed by atoms with Crippen molar-refractivity contribution in [2.24, 2.45) is 0 Å². The molecule has 1 unspecified atom stereocenters. The van der Waals surface area contributed by atoms with Crippen LogP contribution in [0.25, 0.3) is 10.7 Å². The molecule has 1 saturated heterocycles. The topological polar surface area (TPSA) is 81.6 Å². The molecule has 23 heavy (non-hydrogen) atoms. The summed E-state index contributed by atoms with van der Waals surface area (Å²) in [6, 6.07) is 5.09. The van der Waals surface area contributed by atoms with Gasteiger partial charge in [-0.1, -0.05) is 11.2 Å². The summed E-state index contributed by atoms with van der Waals surface area (Å²) in [6.07, 6.45) is 2.91. The number of ether oxygens (including phenoxy) is 1. The number of hydrogen-bond donors (Lipinski definition) is 0. The molecule has 7 nitrogen and oxygen atoms in total. The predicted octanol–water partition coefficient (Wildman–Crippen LogP) is 2.60. The Morgan fingerprint density at radius 1 is 1.39 bits per heavy atom. The Morgan fingerprint density at radius 2 is 2.35 bits per heavy atom.